The van der Waals surface area contributed by atoms with Gasteiger partial charge in [-0.2, -0.15) is 0 Å². The van der Waals surface area contributed by atoms with Crippen molar-refractivity contribution in [1.29, 1.82) is 0 Å². The van der Waals surface area contributed by atoms with Gasteiger partial charge in [0.1, 0.15) is 0 Å². The van der Waals surface area contributed by atoms with Crippen LogP contribution in [0.25, 0.3) is 0 Å². The van der Waals surface area contributed by atoms with Gasteiger partial charge in [0.15, 0.2) is 17.3 Å². The summed E-state index contributed by atoms with van der Waals surface area (Å²) >= 11 is 1.62. The van der Waals surface area contributed by atoms with Crippen LogP contribution >= 0.6 is 11.8 Å². The van der Waals surface area contributed by atoms with Crippen LogP contribution in [-0.4, -0.2) is 18.8 Å². The maximum Gasteiger partial charge on any atom is 0.231 e. The highest BCUT2D eigenvalue weighted by atomic mass is 32.2. The Morgan fingerprint density at radius 2 is 1.84 bits per heavy atom. The fourth-order valence-corrected chi connectivity index (χ4v) is 2.43. The fourth-order valence-electron chi connectivity index (χ4n) is 1.97. The minimum atomic E-state index is -0.00537. The molecule has 3 nitrogen and oxygen atoms in total. The van der Waals surface area contributed by atoms with E-state index < -0.39 is 0 Å². The number of benzene rings is 2. The summed E-state index contributed by atoms with van der Waals surface area (Å²) in [6.07, 6.45) is 1.99. The van der Waals surface area contributed by atoms with Gasteiger partial charge >= 0.3 is 0 Å². The van der Waals surface area contributed by atoms with Crippen LogP contribution in [0.15, 0.2) is 47.4 Å². The molecule has 19 heavy (non-hydrogen) atoms. The first-order chi connectivity index (χ1) is 9.28. The van der Waals surface area contributed by atoms with Gasteiger partial charge in [-0.1, -0.05) is 12.1 Å². The zero-order chi connectivity index (χ0) is 13.2. The van der Waals surface area contributed by atoms with Gasteiger partial charge in [0.2, 0.25) is 6.79 Å². The molecule has 96 valence electrons. The van der Waals surface area contributed by atoms with Crippen molar-refractivity contribution in [3.63, 3.8) is 0 Å². The number of hydrogen-bond donors (Lipinski definition) is 0. The number of carbonyl (C=O) groups is 1. The van der Waals surface area contributed by atoms with E-state index in [0.717, 1.165) is 4.90 Å². The van der Waals surface area contributed by atoms with Crippen molar-refractivity contribution < 1.29 is 14.3 Å². The number of ketones is 1. The van der Waals surface area contributed by atoms with E-state index in [0.29, 0.717) is 22.6 Å². The summed E-state index contributed by atoms with van der Waals surface area (Å²) in [5.74, 6) is 1.32. The molecule has 0 fully saturated rings. The van der Waals surface area contributed by atoms with E-state index in [2.05, 4.69) is 0 Å². The fraction of sp³-hybridized carbons (Fsp3) is 0.133. The van der Waals surface area contributed by atoms with Crippen LogP contribution in [0.2, 0.25) is 0 Å². The predicted octanol–water partition coefficient (Wildman–Crippen LogP) is 3.37. The molecule has 0 spiro atoms. The van der Waals surface area contributed by atoms with Crippen LogP contribution in [-0.2, 0) is 0 Å². The molecule has 2 aromatic rings. The van der Waals surface area contributed by atoms with E-state index in [-0.39, 0.29) is 12.6 Å². The second-order valence-corrected chi connectivity index (χ2v) is 5.01. The Morgan fingerprint density at radius 3 is 2.68 bits per heavy atom. The SMILES string of the molecule is CSc1cccc(C(=O)c2ccc3c(c2)OCO3)c1. The third-order valence-corrected chi connectivity index (χ3v) is 3.69. The van der Waals surface area contributed by atoms with Crippen molar-refractivity contribution >= 4 is 17.5 Å². The Labute approximate surface area is 115 Å². The lowest BCUT2D eigenvalue weighted by Gasteiger charge is -2.04. The molecule has 4 heteroatoms. The molecule has 0 amide bonds. The van der Waals surface area contributed by atoms with Gasteiger partial charge < -0.3 is 9.47 Å². The number of thioether (sulfide) groups is 1. The van der Waals surface area contributed by atoms with Crippen molar-refractivity contribution in [2.24, 2.45) is 0 Å². The van der Waals surface area contributed by atoms with Crippen molar-refractivity contribution in [3.8, 4) is 11.5 Å². The smallest absolute Gasteiger partial charge is 0.231 e. The molecule has 0 aromatic heterocycles. The summed E-state index contributed by atoms with van der Waals surface area (Å²) in [5.41, 5.74) is 1.30. The predicted molar refractivity (Wildman–Crippen MR) is 74.2 cm³/mol. The minimum Gasteiger partial charge on any atom is -0.454 e. The summed E-state index contributed by atoms with van der Waals surface area (Å²) in [6, 6.07) is 12.9. The average molecular weight is 272 g/mol. The maximum atomic E-state index is 12.4. The first kappa shape index (κ1) is 12.1. The highest BCUT2D eigenvalue weighted by Gasteiger charge is 2.17. The lowest BCUT2D eigenvalue weighted by Crippen LogP contribution is -2.01. The highest BCUT2D eigenvalue weighted by molar-refractivity contribution is 7.98. The molecule has 0 N–H and O–H groups in total. The second kappa shape index (κ2) is 4.97. The number of ether oxygens (including phenoxy) is 2. The normalized spacial score (nSPS) is 12.5. The van der Waals surface area contributed by atoms with Crippen LogP contribution in [0, 0.1) is 0 Å². The summed E-state index contributed by atoms with van der Waals surface area (Å²) in [4.78, 5) is 13.5. The number of hydrogen-bond acceptors (Lipinski definition) is 4. The van der Waals surface area contributed by atoms with E-state index in [1.807, 2.05) is 30.5 Å². The lowest BCUT2D eigenvalue weighted by atomic mass is 10.0. The highest BCUT2D eigenvalue weighted by Crippen LogP contribution is 2.33. The van der Waals surface area contributed by atoms with E-state index in [9.17, 15) is 4.79 Å². The average Bonchev–Trinajstić information content (AvgIpc) is 2.94. The maximum absolute atomic E-state index is 12.4. The first-order valence-corrected chi connectivity index (χ1v) is 7.09. The van der Waals surface area contributed by atoms with Crippen molar-refractivity contribution in [1.82, 2.24) is 0 Å². The van der Waals surface area contributed by atoms with Gasteiger partial charge in [-0.25, -0.2) is 0 Å². The van der Waals surface area contributed by atoms with E-state index in [1.54, 1.807) is 30.0 Å². The van der Waals surface area contributed by atoms with Crippen molar-refractivity contribution in [2.45, 2.75) is 4.90 Å². The van der Waals surface area contributed by atoms with Crippen molar-refractivity contribution in [2.75, 3.05) is 13.0 Å². The van der Waals surface area contributed by atoms with E-state index in [4.69, 9.17) is 9.47 Å². The third-order valence-electron chi connectivity index (χ3n) is 2.97. The summed E-state index contributed by atoms with van der Waals surface area (Å²) in [6.45, 7) is 0.217. The van der Waals surface area contributed by atoms with Crippen LogP contribution < -0.4 is 9.47 Å². The molecule has 0 unspecified atom stereocenters. The van der Waals surface area contributed by atoms with Crippen LogP contribution in [0.1, 0.15) is 15.9 Å². The van der Waals surface area contributed by atoms with Crippen LogP contribution in [0.5, 0.6) is 11.5 Å². The molecule has 0 saturated carbocycles. The summed E-state index contributed by atoms with van der Waals surface area (Å²) in [7, 11) is 0. The molecule has 0 saturated heterocycles. The second-order valence-electron chi connectivity index (χ2n) is 4.13. The molecule has 3 rings (SSSR count). The molecule has 1 heterocycles. The molecule has 1 aliphatic heterocycles. The monoisotopic (exact) mass is 272 g/mol. The molecular formula is C15H12O3S. The summed E-state index contributed by atoms with van der Waals surface area (Å²) in [5, 5.41) is 0. The molecule has 0 atom stereocenters. The van der Waals surface area contributed by atoms with E-state index >= 15 is 0 Å². The Hall–Kier alpha value is -1.94. The zero-order valence-electron chi connectivity index (χ0n) is 10.4. The largest absolute Gasteiger partial charge is 0.454 e. The van der Waals surface area contributed by atoms with Gasteiger partial charge in [-0.15, -0.1) is 11.8 Å². The summed E-state index contributed by atoms with van der Waals surface area (Å²) < 4.78 is 10.5. The van der Waals surface area contributed by atoms with Crippen LogP contribution in [0.4, 0.5) is 0 Å². The van der Waals surface area contributed by atoms with E-state index in [1.165, 1.54) is 0 Å². The Morgan fingerprint density at radius 1 is 1.05 bits per heavy atom. The van der Waals surface area contributed by atoms with Crippen molar-refractivity contribution in [3.05, 3.63) is 53.6 Å². The van der Waals surface area contributed by atoms with Gasteiger partial charge in [-0.3, -0.25) is 4.79 Å². The Kier molecular flexibility index (Phi) is 3.17. The lowest BCUT2D eigenvalue weighted by molar-refractivity contribution is 0.103. The number of fused-ring (bicyclic) bond motifs is 1. The molecule has 0 bridgehead atoms. The van der Waals surface area contributed by atoms with Crippen LogP contribution in [0.3, 0.4) is 0 Å². The topological polar surface area (TPSA) is 35.5 Å². The first-order valence-electron chi connectivity index (χ1n) is 5.86. The molecule has 2 aromatic carbocycles. The minimum absolute atomic E-state index is 0.00537. The molecule has 1 aliphatic rings. The van der Waals surface area contributed by atoms with Gasteiger partial charge in [0.25, 0.3) is 0 Å². The number of carbonyl (C=O) groups excluding carboxylic acids is 1. The van der Waals surface area contributed by atoms with Gasteiger partial charge in [-0.05, 0) is 36.6 Å². The van der Waals surface area contributed by atoms with Gasteiger partial charge in [0, 0.05) is 16.0 Å². The molecule has 0 aliphatic carbocycles. The standard InChI is InChI=1S/C15H12O3S/c1-19-12-4-2-3-10(7-12)15(16)11-5-6-13-14(8-11)18-9-17-13/h2-8H,9H2,1H3. The zero-order valence-corrected chi connectivity index (χ0v) is 11.2. The number of rotatable bonds is 3. The molecular weight excluding hydrogens is 260 g/mol. The van der Waals surface area contributed by atoms with Gasteiger partial charge in [0.05, 0.1) is 0 Å². The molecule has 0 radical (unpaired) electrons. The third kappa shape index (κ3) is 2.31. The quantitative estimate of drug-likeness (QED) is 0.634. The Bertz CT molecular complexity index is 637. The Balaban J connectivity index is 1.95.